The van der Waals surface area contributed by atoms with E-state index in [0.717, 1.165) is 12.1 Å². The second-order valence-corrected chi connectivity index (χ2v) is 4.23. The highest BCUT2D eigenvalue weighted by Gasteiger charge is 2.33. The Bertz CT molecular complexity index is 154. The van der Waals surface area contributed by atoms with E-state index in [1.807, 2.05) is 0 Å². The van der Waals surface area contributed by atoms with Crippen molar-refractivity contribution in [1.82, 2.24) is 9.80 Å². The van der Waals surface area contributed by atoms with Crippen molar-refractivity contribution < 1.29 is 0 Å². The van der Waals surface area contributed by atoms with Crippen LogP contribution in [0.5, 0.6) is 0 Å². The molecule has 0 radical (unpaired) electrons. The predicted octanol–water partition coefficient (Wildman–Crippen LogP) is 1.17. The average Bonchev–Trinajstić information content (AvgIpc) is 2.82. The predicted molar refractivity (Wildman–Crippen MR) is 51.3 cm³/mol. The van der Waals surface area contributed by atoms with Gasteiger partial charge >= 0.3 is 0 Å². The fourth-order valence-electron chi connectivity index (χ4n) is 2.21. The number of likely N-dealkylation sites (tertiary alicyclic amines) is 1. The third kappa shape index (κ3) is 1.64. The number of nitrogens with zero attached hydrogens (tertiary/aromatic N) is 2. The van der Waals surface area contributed by atoms with Gasteiger partial charge in [-0.25, -0.2) is 0 Å². The monoisotopic (exact) mass is 168 g/mol. The number of rotatable bonds is 3. The molecule has 12 heavy (non-hydrogen) atoms. The van der Waals surface area contributed by atoms with Gasteiger partial charge in [0.05, 0.1) is 0 Å². The quantitative estimate of drug-likeness (QED) is 0.624. The summed E-state index contributed by atoms with van der Waals surface area (Å²) in [6, 6.07) is 1.80. The van der Waals surface area contributed by atoms with E-state index in [4.69, 9.17) is 0 Å². The summed E-state index contributed by atoms with van der Waals surface area (Å²) in [5, 5.41) is 0. The first-order valence-electron chi connectivity index (χ1n) is 5.25. The van der Waals surface area contributed by atoms with E-state index < -0.39 is 0 Å². The maximum atomic E-state index is 2.61. The summed E-state index contributed by atoms with van der Waals surface area (Å²) in [5.74, 6) is 0. The van der Waals surface area contributed by atoms with Gasteiger partial charge in [-0.2, -0.15) is 0 Å². The van der Waals surface area contributed by atoms with Gasteiger partial charge in [0, 0.05) is 18.6 Å². The van der Waals surface area contributed by atoms with Gasteiger partial charge in [-0.1, -0.05) is 6.92 Å². The number of hydrogen-bond acceptors (Lipinski definition) is 2. The lowest BCUT2D eigenvalue weighted by atomic mass is 10.2. The molecule has 1 saturated carbocycles. The highest BCUT2D eigenvalue weighted by molar-refractivity contribution is 4.90. The van der Waals surface area contributed by atoms with Crippen LogP contribution in [0.4, 0.5) is 0 Å². The smallest absolute Gasteiger partial charge is 0.0235 e. The Balaban J connectivity index is 1.81. The minimum Gasteiger partial charge on any atom is -0.302 e. The van der Waals surface area contributed by atoms with E-state index in [2.05, 4.69) is 23.8 Å². The van der Waals surface area contributed by atoms with E-state index >= 15 is 0 Å². The van der Waals surface area contributed by atoms with Crippen LogP contribution >= 0.6 is 0 Å². The molecule has 2 heteroatoms. The first-order chi connectivity index (χ1) is 5.81. The van der Waals surface area contributed by atoms with Crippen molar-refractivity contribution in [3.63, 3.8) is 0 Å². The summed E-state index contributed by atoms with van der Waals surface area (Å²) in [4.78, 5) is 5.17. The van der Waals surface area contributed by atoms with Crippen molar-refractivity contribution in [2.24, 2.45) is 0 Å². The summed E-state index contributed by atoms with van der Waals surface area (Å²) in [7, 11) is 2.31. The van der Waals surface area contributed by atoms with Crippen LogP contribution in [0.2, 0.25) is 0 Å². The molecule has 0 N–H and O–H groups in total. The molecule has 1 saturated heterocycles. The molecule has 0 spiro atoms. The summed E-state index contributed by atoms with van der Waals surface area (Å²) < 4.78 is 0. The maximum absolute atomic E-state index is 2.61. The molecule has 0 amide bonds. The van der Waals surface area contributed by atoms with Gasteiger partial charge in [0.1, 0.15) is 0 Å². The molecule has 1 aliphatic carbocycles. The molecule has 70 valence electrons. The zero-order valence-corrected chi connectivity index (χ0v) is 8.29. The Labute approximate surface area is 75.5 Å². The zero-order chi connectivity index (χ0) is 8.55. The summed E-state index contributed by atoms with van der Waals surface area (Å²) in [6.07, 6.45) is 4.28. The van der Waals surface area contributed by atoms with Crippen LogP contribution in [-0.2, 0) is 0 Å². The lowest BCUT2D eigenvalue weighted by molar-refractivity contribution is 0.226. The first-order valence-corrected chi connectivity index (χ1v) is 5.25. The Hall–Kier alpha value is -0.0800. The van der Waals surface area contributed by atoms with Crippen LogP contribution in [0.15, 0.2) is 0 Å². The van der Waals surface area contributed by atoms with Crippen molar-refractivity contribution in [3.8, 4) is 0 Å². The van der Waals surface area contributed by atoms with Crippen LogP contribution < -0.4 is 0 Å². The van der Waals surface area contributed by atoms with Gasteiger partial charge in [-0.3, -0.25) is 4.90 Å². The van der Waals surface area contributed by atoms with Crippen molar-refractivity contribution in [1.29, 1.82) is 0 Å². The van der Waals surface area contributed by atoms with Crippen LogP contribution in [0.25, 0.3) is 0 Å². The van der Waals surface area contributed by atoms with E-state index in [1.165, 1.54) is 38.9 Å². The molecule has 2 aliphatic rings. The fourth-order valence-corrected chi connectivity index (χ4v) is 2.21. The Kier molecular flexibility index (Phi) is 2.37. The van der Waals surface area contributed by atoms with Crippen molar-refractivity contribution in [2.75, 3.05) is 26.7 Å². The minimum absolute atomic E-state index is 0.859. The van der Waals surface area contributed by atoms with Gasteiger partial charge in [0.2, 0.25) is 0 Å². The van der Waals surface area contributed by atoms with Crippen LogP contribution in [-0.4, -0.2) is 48.6 Å². The van der Waals surface area contributed by atoms with Gasteiger partial charge in [0.25, 0.3) is 0 Å². The lowest BCUT2D eigenvalue weighted by Crippen LogP contribution is -2.35. The molecule has 0 aromatic rings. The minimum atomic E-state index is 0.859. The lowest BCUT2D eigenvalue weighted by Gasteiger charge is -2.24. The number of hydrogen-bond donors (Lipinski definition) is 0. The van der Waals surface area contributed by atoms with Gasteiger partial charge in [-0.05, 0) is 39.4 Å². The maximum Gasteiger partial charge on any atom is 0.0235 e. The van der Waals surface area contributed by atoms with Crippen molar-refractivity contribution in [2.45, 2.75) is 38.3 Å². The Morgan fingerprint density at radius 2 is 2.00 bits per heavy atom. The van der Waals surface area contributed by atoms with Crippen molar-refractivity contribution >= 4 is 0 Å². The second kappa shape index (κ2) is 3.35. The molecule has 1 atom stereocenters. The fraction of sp³-hybridized carbons (Fsp3) is 1.00. The Morgan fingerprint density at radius 1 is 1.25 bits per heavy atom. The standard InChI is InChI=1S/C10H20N2/c1-3-12-7-6-10(8-12)11(2)9-4-5-9/h9-10H,3-8H2,1-2H3. The summed E-state index contributed by atoms with van der Waals surface area (Å²) in [6.45, 7) is 6.12. The summed E-state index contributed by atoms with van der Waals surface area (Å²) in [5.41, 5.74) is 0. The topological polar surface area (TPSA) is 6.48 Å². The van der Waals surface area contributed by atoms with Crippen LogP contribution in [0.3, 0.4) is 0 Å². The normalized spacial score (nSPS) is 31.8. The molecule has 1 aliphatic heterocycles. The SMILES string of the molecule is CCN1CCC(N(C)C2CC2)C1. The van der Waals surface area contributed by atoms with Crippen molar-refractivity contribution in [3.05, 3.63) is 0 Å². The van der Waals surface area contributed by atoms with Gasteiger partial charge in [0.15, 0.2) is 0 Å². The van der Waals surface area contributed by atoms with E-state index in [9.17, 15) is 0 Å². The average molecular weight is 168 g/mol. The molecule has 2 rings (SSSR count). The molecule has 1 unspecified atom stereocenters. The highest BCUT2D eigenvalue weighted by Crippen LogP contribution is 2.29. The molecular formula is C10H20N2. The van der Waals surface area contributed by atoms with E-state index in [-0.39, 0.29) is 0 Å². The molecule has 0 aromatic heterocycles. The van der Waals surface area contributed by atoms with E-state index in [0.29, 0.717) is 0 Å². The molecule has 0 bridgehead atoms. The largest absolute Gasteiger partial charge is 0.302 e. The highest BCUT2D eigenvalue weighted by atomic mass is 15.3. The van der Waals surface area contributed by atoms with Crippen LogP contribution in [0, 0.1) is 0 Å². The zero-order valence-electron chi connectivity index (χ0n) is 8.29. The second-order valence-electron chi connectivity index (χ2n) is 4.23. The van der Waals surface area contributed by atoms with Crippen LogP contribution in [0.1, 0.15) is 26.2 Å². The number of likely N-dealkylation sites (N-methyl/N-ethyl adjacent to an activating group) is 2. The third-order valence-electron chi connectivity index (χ3n) is 3.39. The first kappa shape index (κ1) is 8.52. The third-order valence-corrected chi connectivity index (χ3v) is 3.39. The van der Waals surface area contributed by atoms with E-state index in [1.54, 1.807) is 0 Å². The molecule has 0 aromatic carbocycles. The molecule has 2 fully saturated rings. The summed E-state index contributed by atoms with van der Waals surface area (Å²) >= 11 is 0. The molecule has 2 nitrogen and oxygen atoms in total. The van der Waals surface area contributed by atoms with Gasteiger partial charge < -0.3 is 4.90 Å². The molecular weight excluding hydrogens is 148 g/mol. The Morgan fingerprint density at radius 3 is 2.50 bits per heavy atom. The van der Waals surface area contributed by atoms with Gasteiger partial charge in [-0.15, -0.1) is 0 Å². The molecule has 1 heterocycles.